The summed E-state index contributed by atoms with van der Waals surface area (Å²) in [7, 11) is 1.55. The summed E-state index contributed by atoms with van der Waals surface area (Å²) >= 11 is 0. The van der Waals surface area contributed by atoms with Crippen LogP contribution < -0.4 is 24.8 Å². The van der Waals surface area contributed by atoms with Crippen molar-refractivity contribution in [2.45, 2.75) is 44.9 Å². The van der Waals surface area contributed by atoms with Gasteiger partial charge >= 0.3 is 0 Å². The Morgan fingerprint density at radius 3 is 2.78 bits per heavy atom. The van der Waals surface area contributed by atoms with Crippen LogP contribution in [-0.2, 0) is 22.6 Å². The number of nitrogens with one attached hydrogen (secondary N) is 3. The van der Waals surface area contributed by atoms with Gasteiger partial charge in [0.2, 0.25) is 5.91 Å². The number of fused-ring (bicyclic) bond motifs is 7. The van der Waals surface area contributed by atoms with Gasteiger partial charge in [-0.05, 0) is 84.0 Å². The Hall–Kier alpha value is -5.32. The monoisotopic (exact) mass is 623 g/mol. The zero-order valence-corrected chi connectivity index (χ0v) is 25.9. The zero-order chi connectivity index (χ0) is 32.0. The Morgan fingerprint density at radius 2 is 1.96 bits per heavy atom. The summed E-state index contributed by atoms with van der Waals surface area (Å²) < 4.78 is 17.9. The SMILES string of the molecule is COc1cc2ccc1O[C@H]1CN(C(=O)CCCc3cn[nH]c3)C[C@@H]1NC(=O)c1ccc(C)c(c1)-c1cccc(c1)OCC(=O)NC2. The molecule has 0 saturated carbocycles. The normalized spacial score (nSPS) is 18.1. The highest BCUT2D eigenvalue weighted by atomic mass is 16.5. The number of hydrogen-bond donors (Lipinski definition) is 3. The molecule has 1 fully saturated rings. The van der Waals surface area contributed by atoms with Gasteiger partial charge in [0, 0.05) is 31.3 Å². The van der Waals surface area contributed by atoms with E-state index in [4.69, 9.17) is 14.2 Å². The number of rotatable bonds is 5. The lowest BCUT2D eigenvalue weighted by Crippen LogP contribution is -2.45. The second kappa shape index (κ2) is 13.8. The summed E-state index contributed by atoms with van der Waals surface area (Å²) in [6.07, 6.45) is 4.86. The first-order valence-corrected chi connectivity index (χ1v) is 15.4. The second-order valence-corrected chi connectivity index (χ2v) is 11.6. The molecule has 11 heteroatoms. The van der Waals surface area contributed by atoms with Gasteiger partial charge in [-0.15, -0.1) is 0 Å². The molecule has 11 nitrogen and oxygen atoms in total. The number of aromatic amines is 1. The minimum absolute atomic E-state index is 0.00265. The molecule has 1 aromatic heterocycles. The minimum atomic E-state index is -0.523. The molecule has 1 saturated heterocycles. The van der Waals surface area contributed by atoms with E-state index in [1.54, 1.807) is 42.5 Å². The van der Waals surface area contributed by atoms with E-state index in [9.17, 15) is 14.4 Å². The first-order chi connectivity index (χ1) is 22.4. The molecule has 3 aliphatic rings. The quantitative estimate of drug-likeness (QED) is 0.308. The number of hydrogen-bond acceptors (Lipinski definition) is 7. The fourth-order valence-corrected chi connectivity index (χ4v) is 5.81. The minimum Gasteiger partial charge on any atom is -0.493 e. The average molecular weight is 624 g/mol. The number of ether oxygens (including phenoxy) is 3. The van der Waals surface area contributed by atoms with Crippen molar-refractivity contribution in [1.29, 1.82) is 0 Å². The molecule has 238 valence electrons. The molecule has 4 heterocycles. The maximum Gasteiger partial charge on any atom is 0.258 e. The molecule has 6 bridgehead atoms. The van der Waals surface area contributed by atoms with Crippen LogP contribution in [0.1, 0.15) is 39.9 Å². The largest absolute Gasteiger partial charge is 0.493 e. The van der Waals surface area contributed by atoms with Crippen LogP contribution in [0.4, 0.5) is 0 Å². The number of nitrogens with zero attached hydrogens (tertiary/aromatic N) is 2. The lowest BCUT2D eigenvalue weighted by molar-refractivity contribution is -0.130. The molecule has 3 N–H and O–H groups in total. The summed E-state index contributed by atoms with van der Waals surface area (Å²) in [5.41, 5.74) is 5.06. The summed E-state index contributed by atoms with van der Waals surface area (Å²) in [6, 6.07) is 17.9. The van der Waals surface area contributed by atoms with Crippen LogP contribution in [0.15, 0.2) is 73.1 Å². The van der Waals surface area contributed by atoms with Gasteiger partial charge in [0.25, 0.3) is 11.8 Å². The van der Waals surface area contributed by atoms with E-state index in [1.807, 2.05) is 49.5 Å². The molecule has 3 aliphatic heterocycles. The first kappa shape index (κ1) is 30.7. The lowest BCUT2D eigenvalue weighted by Gasteiger charge is -2.23. The Bertz CT molecular complexity index is 1720. The Kier molecular flexibility index (Phi) is 9.18. The number of aromatic nitrogens is 2. The molecule has 46 heavy (non-hydrogen) atoms. The zero-order valence-electron chi connectivity index (χ0n) is 25.9. The smallest absolute Gasteiger partial charge is 0.258 e. The number of aryl methyl sites for hydroxylation is 2. The van der Waals surface area contributed by atoms with E-state index in [0.29, 0.717) is 48.7 Å². The Morgan fingerprint density at radius 1 is 1.07 bits per heavy atom. The summed E-state index contributed by atoms with van der Waals surface area (Å²) in [4.78, 5) is 41.4. The molecular weight excluding hydrogens is 586 g/mol. The van der Waals surface area contributed by atoms with Crippen LogP contribution in [-0.4, -0.2) is 71.8 Å². The summed E-state index contributed by atoms with van der Waals surface area (Å²) in [6.45, 7) is 2.72. The maximum atomic E-state index is 13.7. The van der Waals surface area contributed by atoms with Crippen molar-refractivity contribution in [1.82, 2.24) is 25.7 Å². The van der Waals surface area contributed by atoms with E-state index in [0.717, 1.165) is 34.2 Å². The molecule has 0 unspecified atom stereocenters. The molecule has 4 aromatic rings. The van der Waals surface area contributed by atoms with Gasteiger partial charge in [-0.2, -0.15) is 5.10 Å². The van der Waals surface area contributed by atoms with Crippen LogP contribution in [0.25, 0.3) is 11.1 Å². The third kappa shape index (κ3) is 7.14. The van der Waals surface area contributed by atoms with Crippen molar-refractivity contribution in [3.05, 3.63) is 95.3 Å². The number of methoxy groups -OCH3 is 1. The van der Waals surface area contributed by atoms with Gasteiger partial charge in [-0.1, -0.05) is 24.3 Å². The highest BCUT2D eigenvalue weighted by Gasteiger charge is 2.38. The van der Waals surface area contributed by atoms with Gasteiger partial charge in [-0.3, -0.25) is 19.5 Å². The maximum absolute atomic E-state index is 13.7. The first-order valence-electron chi connectivity index (χ1n) is 15.4. The Labute approximate surface area is 267 Å². The molecule has 0 spiro atoms. The number of carbonyl (C=O) groups excluding carboxylic acids is 3. The fraction of sp³-hybridized carbons (Fsp3) is 0.314. The van der Waals surface area contributed by atoms with Crippen LogP contribution in [0, 0.1) is 6.92 Å². The number of carbonyl (C=O) groups is 3. The van der Waals surface area contributed by atoms with Crippen LogP contribution in [0.5, 0.6) is 17.2 Å². The molecular formula is C35H37N5O6. The van der Waals surface area contributed by atoms with E-state index in [-0.39, 0.29) is 30.9 Å². The van der Waals surface area contributed by atoms with Crippen LogP contribution in [0.3, 0.4) is 0 Å². The van der Waals surface area contributed by atoms with Crippen molar-refractivity contribution < 1.29 is 28.6 Å². The Balaban J connectivity index is 1.29. The van der Waals surface area contributed by atoms with E-state index in [2.05, 4.69) is 20.8 Å². The lowest BCUT2D eigenvalue weighted by atomic mass is 9.97. The molecule has 7 rings (SSSR count). The summed E-state index contributed by atoms with van der Waals surface area (Å²) in [5, 5.41) is 12.8. The van der Waals surface area contributed by atoms with Gasteiger partial charge in [0.1, 0.15) is 11.9 Å². The second-order valence-electron chi connectivity index (χ2n) is 11.6. The predicted molar refractivity (Wildman–Crippen MR) is 171 cm³/mol. The number of likely N-dealkylation sites (tertiary alicyclic amines) is 1. The van der Waals surface area contributed by atoms with Gasteiger partial charge in [0.05, 0.1) is 25.9 Å². The standard InChI is InChI=1S/C35H37N5O6/c1-22-9-11-26-15-28(22)25-6-4-7-27(14-25)45-21-33(41)36-16-23-10-12-30(31(13-23)44-2)46-32-20-40(19-29(32)39-35(26)43)34(42)8-3-5-24-17-37-38-18-24/h4,6-7,9-15,17-18,29,32H,3,5,8,16,19-21H2,1-2H3,(H,36,41)(H,37,38)(H,39,43)/t29-,32-/m0/s1. The number of H-pyrrole nitrogens is 1. The third-order valence-electron chi connectivity index (χ3n) is 8.36. The predicted octanol–water partition coefficient (Wildman–Crippen LogP) is 3.81. The van der Waals surface area contributed by atoms with Crippen molar-refractivity contribution in [3.8, 4) is 28.4 Å². The van der Waals surface area contributed by atoms with Crippen molar-refractivity contribution in [2.24, 2.45) is 0 Å². The summed E-state index contributed by atoms with van der Waals surface area (Å²) in [5.74, 6) is 0.962. The number of benzene rings is 3. The molecule has 2 atom stereocenters. The average Bonchev–Trinajstić information content (AvgIpc) is 3.73. The van der Waals surface area contributed by atoms with Gasteiger partial charge < -0.3 is 29.7 Å². The van der Waals surface area contributed by atoms with Gasteiger partial charge in [-0.25, -0.2) is 0 Å². The third-order valence-corrected chi connectivity index (χ3v) is 8.36. The van der Waals surface area contributed by atoms with Gasteiger partial charge in [0.15, 0.2) is 18.1 Å². The van der Waals surface area contributed by atoms with Crippen LogP contribution >= 0.6 is 0 Å². The van der Waals surface area contributed by atoms with Crippen molar-refractivity contribution in [2.75, 3.05) is 26.8 Å². The van der Waals surface area contributed by atoms with E-state index >= 15 is 0 Å². The molecule has 0 radical (unpaired) electrons. The highest BCUT2D eigenvalue weighted by Crippen LogP contribution is 2.32. The topological polar surface area (TPSA) is 135 Å². The molecule has 3 amide bonds. The van der Waals surface area contributed by atoms with E-state index in [1.165, 1.54) is 0 Å². The van der Waals surface area contributed by atoms with Crippen molar-refractivity contribution in [3.63, 3.8) is 0 Å². The fourth-order valence-electron chi connectivity index (χ4n) is 5.81. The highest BCUT2D eigenvalue weighted by molar-refractivity contribution is 5.96. The van der Waals surface area contributed by atoms with Crippen molar-refractivity contribution >= 4 is 17.7 Å². The number of amides is 3. The molecule has 0 aliphatic carbocycles. The van der Waals surface area contributed by atoms with E-state index < -0.39 is 12.1 Å². The molecule has 3 aromatic carbocycles. The van der Waals surface area contributed by atoms with Crippen LogP contribution in [0.2, 0.25) is 0 Å².